The van der Waals surface area contributed by atoms with E-state index in [9.17, 15) is 9.90 Å². The number of halogens is 1. The minimum absolute atomic E-state index is 0.275. The normalized spacial score (nSPS) is 14.7. The number of fused-ring (bicyclic) bond motifs is 1. The number of aryl methyl sites for hydroxylation is 1. The van der Waals surface area contributed by atoms with E-state index in [1.807, 2.05) is 30.3 Å². The Labute approximate surface area is 142 Å². The molecule has 1 atom stereocenters. The van der Waals surface area contributed by atoms with E-state index in [4.69, 9.17) is 4.74 Å². The number of aromatic nitrogens is 2. The molecule has 1 aliphatic rings. The lowest BCUT2D eigenvalue weighted by Gasteiger charge is -2.14. The fourth-order valence-electron chi connectivity index (χ4n) is 2.49. The van der Waals surface area contributed by atoms with Crippen molar-refractivity contribution in [1.82, 2.24) is 15.1 Å². The number of amides is 1. The van der Waals surface area contributed by atoms with E-state index in [1.165, 1.54) is 0 Å². The van der Waals surface area contributed by atoms with Gasteiger partial charge in [-0.3, -0.25) is 4.79 Å². The summed E-state index contributed by atoms with van der Waals surface area (Å²) in [6.07, 6.45) is 0.724. The highest BCUT2D eigenvalue weighted by Crippen LogP contribution is 2.31. The minimum Gasteiger partial charge on any atom is -0.477 e. The highest BCUT2D eigenvalue weighted by molar-refractivity contribution is 9.10. The molecule has 0 bridgehead atoms. The van der Waals surface area contributed by atoms with Gasteiger partial charge in [0.1, 0.15) is 4.47 Å². The third-order valence-electron chi connectivity index (χ3n) is 3.71. The molecule has 1 unspecified atom stereocenters. The van der Waals surface area contributed by atoms with Crippen LogP contribution in [0.15, 0.2) is 34.8 Å². The Kier molecular flexibility index (Phi) is 4.97. The lowest BCUT2D eigenvalue weighted by molar-refractivity contribution is 0.0936. The van der Waals surface area contributed by atoms with Gasteiger partial charge in [-0.15, -0.1) is 0 Å². The fourth-order valence-corrected chi connectivity index (χ4v) is 3.07. The van der Waals surface area contributed by atoms with Crippen molar-refractivity contribution in [3.05, 3.63) is 46.1 Å². The quantitative estimate of drug-likeness (QED) is 0.835. The Morgan fingerprint density at radius 1 is 1.43 bits per heavy atom. The van der Waals surface area contributed by atoms with Crippen LogP contribution in [0.1, 0.15) is 35.0 Å². The van der Waals surface area contributed by atoms with Crippen LogP contribution in [0, 0.1) is 0 Å². The number of ether oxygens (including phenoxy) is 1. The van der Waals surface area contributed by atoms with Crippen molar-refractivity contribution >= 4 is 21.8 Å². The van der Waals surface area contributed by atoms with Crippen molar-refractivity contribution in [2.24, 2.45) is 0 Å². The zero-order chi connectivity index (χ0) is 16.2. The molecule has 3 rings (SSSR count). The molecule has 1 amide bonds. The molecule has 0 fully saturated rings. The molecular formula is C16H18BrN3O3. The lowest BCUT2D eigenvalue weighted by atomic mass is 10.1. The summed E-state index contributed by atoms with van der Waals surface area (Å²) in [4.78, 5) is 12.2. The van der Waals surface area contributed by atoms with Gasteiger partial charge in [0.2, 0.25) is 5.88 Å². The first-order chi connectivity index (χ1) is 11.2. The Morgan fingerprint density at radius 3 is 2.96 bits per heavy atom. The van der Waals surface area contributed by atoms with Gasteiger partial charge in [0.15, 0.2) is 5.69 Å². The molecule has 2 aromatic rings. The molecule has 6 nitrogen and oxygen atoms in total. The third kappa shape index (κ3) is 3.56. The molecule has 0 aliphatic carbocycles. The van der Waals surface area contributed by atoms with Gasteiger partial charge in [0, 0.05) is 19.5 Å². The van der Waals surface area contributed by atoms with E-state index in [0.29, 0.717) is 35.6 Å². The Hall–Kier alpha value is -1.86. The van der Waals surface area contributed by atoms with Crippen molar-refractivity contribution in [2.45, 2.75) is 25.5 Å². The van der Waals surface area contributed by atoms with E-state index < -0.39 is 6.10 Å². The number of nitrogens with zero attached hydrogens (tertiary/aromatic N) is 2. The molecule has 1 aliphatic heterocycles. The van der Waals surface area contributed by atoms with Crippen molar-refractivity contribution in [1.29, 1.82) is 0 Å². The second-order valence-electron chi connectivity index (χ2n) is 5.36. The standard InChI is InChI=1S/C16H18BrN3O3/c17-13-14(19-20-9-4-10-23-16(13)20)15(22)18-8-7-12(21)11-5-2-1-3-6-11/h1-3,5-6,12,21H,4,7-10H2,(H,18,22). The lowest BCUT2D eigenvalue weighted by Crippen LogP contribution is -2.26. The smallest absolute Gasteiger partial charge is 0.273 e. The second kappa shape index (κ2) is 7.14. The van der Waals surface area contributed by atoms with Crippen LogP contribution in [0.2, 0.25) is 0 Å². The zero-order valence-electron chi connectivity index (χ0n) is 12.5. The molecule has 7 heteroatoms. The monoisotopic (exact) mass is 379 g/mol. The van der Waals surface area contributed by atoms with Gasteiger partial charge in [-0.05, 0) is 27.9 Å². The van der Waals surface area contributed by atoms with E-state index >= 15 is 0 Å². The number of rotatable bonds is 5. The summed E-state index contributed by atoms with van der Waals surface area (Å²) in [6.45, 7) is 1.74. The summed E-state index contributed by atoms with van der Waals surface area (Å²) >= 11 is 3.38. The van der Waals surface area contributed by atoms with Gasteiger partial charge >= 0.3 is 0 Å². The summed E-state index contributed by atoms with van der Waals surface area (Å²) in [6, 6.07) is 9.39. The number of aliphatic hydroxyl groups excluding tert-OH is 1. The van der Waals surface area contributed by atoms with Crippen molar-refractivity contribution in [2.75, 3.05) is 13.2 Å². The second-order valence-corrected chi connectivity index (χ2v) is 6.16. The Bertz CT molecular complexity index is 687. The number of aliphatic hydroxyl groups is 1. The number of carbonyl (C=O) groups is 1. The fraction of sp³-hybridized carbons (Fsp3) is 0.375. The SMILES string of the molecule is O=C(NCCC(O)c1ccccc1)c1nn2c(c1Br)OCCC2. The molecule has 122 valence electrons. The average molecular weight is 380 g/mol. The van der Waals surface area contributed by atoms with Crippen molar-refractivity contribution < 1.29 is 14.6 Å². The van der Waals surface area contributed by atoms with Crippen LogP contribution in [0.25, 0.3) is 0 Å². The largest absolute Gasteiger partial charge is 0.477 e. The van der Waals surface area contributed by atoms with Crippen LogP contribution in [0.4, 0.5) is 0 Å². The Morgan fingerprint density at radius 2 is 2.22 bits per heavy atom. The molecule has 0 spiro atoms. The van der Waals surface area contributed by atoms with E-state index in [2.05, 4.69) is 26.3 Å². The van der Waals surface area contributed by atoms with Crippen LogP contribution < -0.4 is 10.1 Å². The number of hydrogen-bond donors (Lipinski definition) is 2. The molecule has 2 heterocycles. The molecular weight excluding hydrogens is 362 g/mol. The number of hydrogen-bond acceptors (Lipinski definition) is 4. The van der Waals surface area contributed by atoms with Crippen LogP contribution in [0.5, 0.6) is 5.88 Å². The third-order valence-corrected chi connectivity index (χ3v) is 4.42. The summed E-state index contributed by atoms with van der Waals surface area (Å²) < 4.78 is 7.80. The van der Waals surface area contributed by atoms with Gasteiger partial charge in [-0.25, -0.2) is 4.68 Å². The predicted molar refractivity (Wildman–Crippen MR) is 88.4 cm³/mol. The minimum atomic E-state index is -0.599. The van der Waals surface area contributed by atoms with Gasteiger partial charge < -0.3 is 15.2 Å². The highest BCUT2D eigenvalue weighted by atomic mass is 79.9. The maximum Gasteiger partial charge on any atom is 0.273 e. The average Bonchev–Trinajstić information content (AvgIpc) is 2.93. The highest BCUT2D eigenvalue weighted by Gasteiger charge is 2.24. The molecule has 0 saturated heterocycles. The first-order valence-corrected chi connectivity index (χ1v) is 8.36. The maximum absolute atomic E-state index is 12.2. The summed E-state index contributed by atoms with van der Waals surface area (Å²) in [5.74, 6) is 0.327. The number of benzene rings is 1. The summed E-state index contributed by atoms with van der Waals surface area (Å²) in [7, 11) is 0. The molecule has 2 N–H and O–H groups in total. The summed E-state index contributed by atoms with van der Waals surface area (Å²) in [5, 5.41) is 17.2. The molecule has 1 aromatic carbocycles. The first-order valence-electron chi connectivity index (χ1n) is 7.57. The van der Waals surface area contributed by atoms with Crippen molar-refractivity contribution in [3.63, 3.8) is 0 Å². The van der Waals surface area contributed by atoms with Crippen LogP contribution in [-0.2, 0) is 6.54 Å². The van der Waals surface area contributed by atoms with Gasteiger partial charge in [0.05, 0.1) is 12.7 Å². The van der Waals surface area contributed by atoms with Crippen molar-refractivity contribution in [3.8, 4) is 5.88 Å². The Balaban J connectivity index is 1.57. The van der Waals surface area contributed by atoms with E-state index in [1.54, 1.807) is 4.68 Å². The van der Waals surface area contributed by atoms with Crippen LogP contribution in [0.3, 0.4) is 0 Å². The predicted octanol–water partition coefficient (Wildman–Crippen LogP) is 2.28. The summed E-state index contributed by atoms with van der Waals surface area (Å²) in [5.41, 5.74) is 1.16. The molecule has 0 radical (unpaired) electrons. The molecule has 23 heavy (non-hydrogen) atoms. The van der Waals surface area contributed by atoms with E-state index in [0.717, 1.165) is 18.5 Å². The topological polar surface area (TPSA) is 76.4 Å². The van der Waals surface area contributed by atoms with Gasteiger partial charge in [0.25, 0.3) is 5.91 Å². The van der Waals surface area contributed by atoms with Gasteiger partial charge in [-0.2, -0.15) is 5.10 Å². The maximum atomic E-state index is 12.2. The zero-order valence-corrected chi connectivity index (χ0v) is 14.1. The van der Waals surface area contributed by atoms with Gasteiger partial charge in [-0.1, -0.05) is 30.3 Å². The molecule has 0 saturated carbocycles. The van der Waals surface area contributed by atoms with E-state index in [-0.39, 0.29) is 5.91 Å². The molecule has 1 aromatic heterocycles. The van der Waals surface area contributed by atoms with Crippen LogP contribution >= 0.6 is 15.9 Å². The number of carbonyl (C=O) groups excluding carboxylic acids is 1. The van der Waals surface area contributed by atoms with Crippen LogP contribution in [-0.4, -0.2) is 33.9 Å². The number of nitrogens with one attached hydrogen (secondary N) is 1. The first kappa shape index (κ1) is 16.0.